The Labute approximate surface area is 165 Å². The number of nitro benzene ring substituents is 1. The average molecular weight is 411 g/mol. The molecule has 0 aliphatic rings. The molecule has 1 amide bonds. The van der Waals surface area contributed by atoms with E-state index >= 15 is 0 Å². The minimum atomic E-state index is -0.799. The first-order valence-electron chi connectivity index (χ1n) is 7.91. The summed E-state index contributed by atoms with van der Waals surface area (Å²) in [7, 11) is 0. The molecule has 0 heterocycles. The Morgan fingerprint density at radius 2 is 1.96 bits per heavy atom. The molecule has 0 radical (unpaired) electrons. The van der Waals surface area contributed by atoms with Crippen molar-refractivity contribution < 1.29 is 19.2 Å². The Balaban J connectivity index is 1.84. The molecule has 0 aliphatic carbocycles. The van der Waals surface area contributed by atoms with Gasteiger partial charge >= 0.3 is 5.97 Å². The van der Waals surface area contributed by atoms with Crippen LogP contribution in [-0.4, -0.2) is 30.0 Å². The van der Waals surface area contributed by atoms with E-state index < -0.39 is 23.4 Å². The van der Waals surface area contributed by atoms with Crippen molar-refractivity contribution in [2.75, 3.05) is 13.2 Å². The second-order valence-corrected chi connectivity index (χ2v) is 6.46. The number of amides is 1. The van der Waals surface area contributed by atoms with Gasteiger partial charge in [0.15, 0.2) is 6.61 Å². The number of esters is 1. The molecule has 0 aliphatic heterocycles. The average Bonchev–Trinajstić information content (AvgIpc) is 2.61. The number of rotatable bonds is 7. The van der Waals surface area contributed by atoms with E-state index in [4.69, 9.17) is 27.9 Å². The number of carbonyl (C=O) groups excluding carboxylic acids is 2. The van der Waals surface area contributed by atoms with Crippen molar-refractivity contribution in [2.45, 2.75) is 13.3 Å². The highest BCUT2D eigenvalue weighted by molar-refractivity contribution is 6.35. The Bertz CT molecular complexity index is 886. The second-order valence-electron chi connectivity index (χ2n) is 5.62. The summed E-state index contributed by atoms with van der Waals surface area (Å²) in [5.41, 5.74) is 0.870. The fourth-order valence-electron chi connectivity index (χ4n) is 2.36. The maximum absolute atomic E-state index is 12.1. The van der Waals surface area contributed by atoms with E-state index in [1.54, 1.807) is 18.2 Å². The number of ether oxygens (including phenoxy) is 1. The summed E-state index contributed by atoms with van der Waals surface area (Å²) in [6, 6.07) is 9.17. The highest BCUT2D eigenvalue weighted by Crippen LogP contribution is 2.22. The minimum Gasteiger partial charge on any atom is -0.452 e. The van der Waals surface area contributed by atoms with Crippen LogP contribution in [0.1, 0.15) is 21.5 Å². The van der Waals surface area contributed by atoms with Gasteiger partial charge in [-0.25, -0.2) is 4.79 Å². The van der Waals surface area contributed by atoms with Crippen LogP contribution in [0.25, 0.3) is 0 Å². The Kier molecular flexibility index (Phi) is 7.15. The summed E-state index contributed by atoms with van der Waals surface area (Å²) >= 11 is 11.9. The first kappa shape index (κ1) is 20.7. The molecule has 0 fully saturated rings. The molecular weight excluding hydrogens is 395 g/mol. The monoisotopic (exact) mass is 410 g/mol. The summed E-state index contributed by atoms with van der Waals surface area (Å²) in [5.74, 6) is -1.29. The van der Waals surface area contributed by atoms with Gasteiger partial charge < -0.3 is 10.1 Å². The summed E-state index contributed by atoms with van der Waals surface area (Å²) in [6.45, 7) is 1.26. The van der Waals surface area contributed by atoms with Crippen LogP contribution in [-0.2, 0) is 16.0 Å². The van der Waals surface area contributed by atoms with E-state index in [1.807, 2.05) is 0 Å². The molecule has 7 nitrogen and oxygen atoms in total. The van der Waals surface area contributed by atoms with E-state index in [0.29, 0.717) is 23.0 Å². The molecule has 142 valence electrons. The molecule has 2 aromatic carbocycles. The van der Waals surface area contributed by atoms with Gasteiger partial charge in [0.2, 0.25) is 0 Å². The zero-order valence-electron chi connectivity index (χ0n) is 14.3. The third kappa shape index (κ3) is 5.67. The molecule has 1 N–H and O–H groups in total. The van der Waals surface area contributed by atoms with Gasteiger partial charge in [-0.15, -0.1) is 0 Å². The lowest BCUT2D eigenvalue weighted by atomic mass is 10.1. The smallest absolute Gasteiger partial charge is 0.339 e. The molecular formula is C18H16Cl2N2O5. The zero-order chi connectivity index (χ0) is 20.0. The largest absolute Gasteiger partial charge is 0.452 e. The van der Waals surface area contributed by atoms with E-state index in [9.17, 15) is 19.7 Å². The standard InChI is InChI=1S/C18H16Cl2N2O5/c1-11-14(3-2-4-16(11)22(25)26)18(24)27-10-17(23)21-8-7-12-5-6-13(19)9-15(12)20/h2-6,9H,7-8,10H2,1H3,(H,21,23). The van der Waals surface area contributed by atoms with Gasteiger partial charge in [-0.3, -0.25) is 14.9 Å². The van der Waals surface area contributed by atoms with Crippen LogP contribution in [0, 0.1) is 17.0 Å². The highest BCUT2D eigenvalue weighted by atomic mass is 35.5. The number of nitrogens with one attached hydrogen (secondary N) is 1. The van der Waals surface area contributed by atoms with Crippen molar-refractivity contribution in [1.29, 1.82) is 0 Å². The maximum Gasteiger partial charge on any atom is 0.339 e. The van der Waals surface area contributed by atoms with E-state index in [-0.39, 0.29) is 16.8 Å². The van der Waals surface area contributed by atoms with Crippen LogP contribution in [0.4, 0.5) is 5.69 Å². The lowest BCUT2D eigenvalue weighted by Gasteiger charge is -2.09. The number of hydrogen-bond acceptors (Lipinski definition) is 5. The van der Waals surface area contributed by atoms with Crippen LogP contribution in [0.5, 0.6) is 0 Å². The summed E-state index contributed by atoms with van der Waals surface area (Å²) < 4.78 is 4.93. The van der Waals surface area contributed by atoms with Crippen molar-refractivity contribution in [3.8, 4) is 0 Å². The molecule has 2 aromatic rings. The minimum absolute atomic E-state index is 0.0462. The molecule has 0 spiro atoms. The second kappa shape index (κ2) is 9.34. The van der Waals surface area contributed by atoms with E-state index in [2.05, 4.69) is 5.32 Å². The van der Waals surface area contributed by atoms with E-state index in [1.165, 1.54) is 25.1 Å². The molecule has 9 heteroatoms. The van der Waals surface area contributed by atoms with Gasteiger partial charge in [-0.2, -0.15) is 0 Å². The van der Waals surface area contributed by atoms with Crippen molar-refractivity contribution >= 4 is 40.8 Å². The summed E-state index contributed by atoms with van der Waals surface area (Å²) in [6.07, 6.45) is 0.486. The van der Waals surface area contributed by atoms with Crippen LogP contribution in [0.15, 0.2) is 36.4 Å². The lowest BCUT2D eigenvalue weighted by Crippen LogP contribution is -2.30. The lowest BCUT2D eigenvalue weighted by molar-refractivity contribution is -0.385. The third-order valence-corrected chi connectivity index (χ3v) is 4.37. The van der Waals surface area contributed by atoms with Crippen molar-refractivity contribution in [3.05, 3.63) is 73.2 Å². The highest BCUT2D eigenvalue weighted by Gasteiger charge is 2.19. The summed E-state index contributed by atoms with van der Waals surface area (Å²) in [4.78, 5) is 34.2. The Morgan fingerprint density at radius 1 is 1.22 bits per heavy atom. The topological polar surface area (TPSA) is 98.5 Å². The van der Waals surface area contributed by atoms with Gasteiger partial charge in [-0.05, 0) is 37.1 Å². The number of carbonyl (C=O) groups is 2. The molecule has 2 rings (SSSR count). The molecule has 0 bridgehead atoms. The number of nitrogens with zero attached hydrogens (tertiary/aromatic N) is 1. The first-order chi connectivity index (χ1) is 12.8. The van der Waals surface area contributed by atoms with Crippen LogP contribution >= 0.6 is 23.2 Å². The fraction of sp³-hybridized carbons (Fsp3) is 0.222. The fourth-order valence-corrected chi connectivity index (χ4v) is 2.87. The number of benzene rings is 2. The normalized spacial score (nSPS) is 10.3. The maximum atomic E-state index is 12.1. The summed E-state index contributed by atoms with van der Waals surface area (Å²) in [5, 5.41) is 14.5. The molecule has 0 aromatic heterocycles. The zero-order valence-corrected chi connectivity index (χ0v) is 15.8. The molecule has 27 heavy (non-hydrogen) atoms. The van der Waals surface area contributed by atoms with Crippen molar-refractivity contribution in [1.82, 2.24) is 5.32 Å². The van der Waals surface area contributed by atoms with Crippen molar-refractivity contribution in [3.63, 3.8) is 0 Å². The Morgan fingerprint density at radius 3 is 2.63 bits per heavy atom. The number of hydrogen-bond donors (Lipinski definition) is 1. The van der Waals surface area contributed by atoms with Gasteiger partial charge in [0.1, 0.15) is 0 Å². The predicted octanol–water partition coefficient (Wildman–Crippen LogP) is 3.73. The molecule has 0 saturated carbocycles. The number of halogens is 2. The van der Waals surface area contributed by atoms with Gasteiger partial charge in [-0.1, -0.05) is 35.3 Å². The van der Waals surface area contributed by atoms with Crippen LogP contribution < -0.4 is 5.32 Å². The number of nitro groups is 1. The molecule has 0 unspecified atom stereocenters. The SMILES string of the molecule is Cc1c(C(=O)OCC(=O)NCCc2ccc(Cl)cc2Cl)cccc1[N+](=O)[O-]. The van der Waals surface area contributed by atoms with Crippen molar-refractivity contribution in [2.24, 2.45) is 0 Å². The quantitative estimate of drug-likeness (QED) is 0.425. The van der Waals surface area contributed by atoms with Gasteiger partial charge in [0, 0.05) is 28.2 Å². The molecule has 0 atom stereocenters. The van der Waals surface area contributed by atoms with Gasteiger partial charge in [0.05, 0.1) is 10.5 Å². The van der Waals surface area contributed by atoms with Crippen LogP contribution in [0.2, 0.25) is 10.0 Å². The third-order valence-electron chi connectivity index (χ3n) is 3.79. The first-order valence-corrected chi connectivity index (χ1v) is 8.67. The van der Waals surface area contributed by atoms with Crippen LogP contribution in [0.3, 0.4) is 0 Å². The van der Waals surface area contributed by atoms with Gasteiger partial charge in [0.25, 0.3) is 11.6 Å². The van der Waals surface area contributed by atoms with E-state index in [0.717, 1.165) is 5.56 Å². The Hall–Kier alpha value is -2.64. The molecule has 0 saturated heterocycles. The predicted molar refractivity (Wildman–Crippen MR) is 101 cm³/mol.